The van der Waals surface area contributed by atoms with Gasteiger partial charge in [-0.1, -0.05) is 12.1 Å². The fourth-order valence-corrected chi connectivity index (χ4v) is 4.86. The van der Waals surface area contributed by atoms with Crippen LogP contribution in [0.25, 0.3) is 10.9 Å². The molecule has 1 aliphatic heterocycles. The van der Waals surface area contributed by atoms with Gasteiger partial charge in [0.2, 0.25) is 0 Å². The van der Waals surface area contributed by atoms with E-state index in [2.05, 4.69) is 29.0 Å². The van der Waals surface area contributed by atoms with E-state index in [0.29, 0.717) is 34.7 Å². The van der Waals surface area contributed by atoms with E-state index in [0.717, 1.165) is 42.9 Å². The minimum absolute atomic E-state index is 0.0841. The molecule has 4 N–H and O–H groups in total. The Morgan fingerprint density at radius 3 is 2.68 bits per heavy atom. The number of aliphatic hydroxyl groups is 1. The first-order valence-corrected chi connectivity index (χ1v) is 12.6. The van der Waals surface area contributed by atoms with Crippen LogP contribution in [0, 0.1) is 6.92 Å². The topological polar surface area (TPSA) is 119 Å². The van der Waals surface area contributed by atoms with Gasteiger partial charge in [-0.15, -0.1) is 0 Å². The van der Waals surface area contributed by atoms with E-state index in [1.54, 1.807) is 7.11 Å². The summed E-state index contributed by atoms with van der Waals surface area (Å²) in [6.07, 6.45) is 2.80. The number of nitrogens with zero attached hydrogens (tertiary/aromatic N) is 2. The van der Waals surface area contributed by atoms with Crippen molar-refractivity contribution < 1.29 is 24.1 Å². The van der Waals surface area contributed by atoms with E-state index in [9.17, 15) is 9.90 Å². The van der Waals surface area contributed by atoms with Crippen molar-refractivity contribution in [2.24, 2.45) is 5.73 Å². The van der Waals surface area contributed by atoms with Crippen molar-refractivity contribution in [1.29, 1.82) is 0 Å². The molecule has 37 heavy (non-hydrogen) atoms. The summed E-state index contributed by atoms with van der Waals surface area (Å²) in [5.74, 6) is 0.523. The normalized spacial score (nSPS) is 18.1. The SMILES string of the molecule is COc1cc2c(Nc3cccc(CO)c3C)c(C(N)=O)cnc2cc1OCCCN1C[C@H](C)O[C@@H](C)C1. The largest absolute Gasteiger partial charge is 0.493 e. The van der Waals surface area contributed by atoms with Gasteiger partial charge in [-0.25, -0.2) is 0 Å². The van der Waals surface area contributed by atoms with Gasteiger partial charge in [-0.3, -0.25) is 14.7 Å². The van der Waals surface area contributed by atoms with Crippen LogP contribution < -0.4 is 20.5 Å². The van der Waals surface area contributed by atoms with Gasteiger partial charge < -0.3 is 30.4 Å². The Kier molecular flexibility index (Phi) is 8.48. The summed E-state index contributed by atoms with van der Waals surface area (Å²) in [6.45, 7) is 9.32. The minimum atomic E-state index is -0.598. The van der Waals surface area contributed by atoms with Gasteiger partial charge in [0, 0.05) is 43.0 Å². The molecule has 2 heterocycles. The first-order chi connectivity index (χ1) is 17.8. The zero-order valence-corrected chi connectivity index (χ0v) is 21.9. The highest BCUT2D eigenvalue weighted by Crippen LogP contribution is 2.38. The number of aliphatic hydroxyl groups excluding tert-OH is 1. The van der Waals surface area contributed by atoms with Crippen molar-refractivity contribution in [3.05, 3.63) is 53.2 Å². The summed E-state index contributed by atoms with van der Waals surface area (Å²) in [6, 6.07) is 9.21. The zero-order valence-electron chi connectivity index (χ0n) is 21.9. The predicted octanol–water partition coefficient (Wildman–Crippen LogP) is 3.76. The maximum absolute atomic E-state index is 12.3. The highest BCUT2D eigenvalue weighted by molar-refractivity contribution is 6.08. The Morgan fingerprint density at radius 2 is 2.00 bits per heavy atom. The maximum atomic E-state index is 12.3. The molecule has 1 aromatic heterocycles. The van der Waals surface area contributed by atoms with Crippen LogP contribution in [0.15, 0.2) is 36.5 Å². The van der Waals surface area contributed by atoms with Crippen molar-refractivity contribution >= 4 is 28.2 Å². The fraction of sp³-hybridized carbons (Fsp3) is 0.429. The number of benzene rings is 2. The van der Waals surface area contributed by atoms with Crippen molar-refractivity contribution in [2.45, 2.75) is 46.0 Å². The number of carbonyl (C=O) groups excluding carboxylic acids is 1. The predicted molar refractivity (Wildman–Crippen MR) is 144 cm³/mol. The second-order valence-electron chi connectivity index (χ2n) is 9.52. The number of morpholine rings is 1. The molecule has 1 saturated heterocycles. The van der Waals surface area contributed by atoms with E-state index in [4.69, 9.17) is 19.9 Å². The summed E-state index contributed by atoms with van der Waals surface area (Å²) in [4.78, 5) is 19.1. The Balaban J connectivity index is 1.58. The molecule has 1 fully saturated rings. The molecule has 2 aromatic carbocycles. The summed E-state index contributed by atoms with van der Waals surface area (Å²) in [5, 5.41) is 13.7. The molecule has 1 aliphatic rings. The van der Waals surface area contributed by atoms with Gasteiger partial charge in [0.05, 0.1) is 49.3 Å². The number of carbonyl (C=O) groups is 1. The molecule has 3 aromatic rings. The number of nitrogens with one attached hydrogen (secondary N) is 1. The van der Waals surface area contributed by atoms with Crippen molar-refractivity contribution in [3.63, 3.8) is 0 Å². The number of amides is 1. The lowest BCUT2D eigenvalue weighted by molar-refractivity contribution is -0.0686. The molecule has 198 valence electrons. The number of ether oxygens (including phenoxy) is 3. The van der Waals surface area contributed by atoms with Gasteiger partial charge in [0.15, 0.2) is 11.5 Å². The number of nitrogens with two attached hydrogens (primary N) is 1. The average Bonchev–Trinajstić information content (AvgIpc) is 2.86. The number of hydrogen-bond donors (Lipinski definition) is 3. The molecule has 4 rings (SSSR count). The number of fused-ring (bicyclic) bond motifs is 1. The molecule has 0 aliphatic carbocycles. The van der Waals surface area contributed by atoms with E-state index in [-0.39, 0.29) is 24.4 Å². The smallest absolute Gasteiger partial charge is 0.252 e. The lowest BCUT2D eigenvalue weighted by Crippen LogP contribution is -2.45. The Morgan fingerprint density at radius 1 is 1.24 bits per heavy atom. The van der Waals surface area contributed by atoms with Crippen LogP contribution in [0.5, 0.6) is 11.5 Å². The van der Waals surface area contributed by atoms with Crippen LogP contribution in [0.3, 0.4) is 0 Å². The first kappa shape index (κ1) is 26.7. The van der Waals surface area contributed by atoms with Crippen LogP contribution in [0.2, 0.25) is 0 Å². The average molecular weight is 509 g/mol. The number of pyridine rings is 1. The van der Waals surface area contributed by atoms with E-state index in [1.165, 1.54) is 6.20 Å². The van der Waals surface area contributed by atoms with Gasteiger partial charge in [-0.05, 0) is 50.5 Å². The molecule has 1 amide bonds. The third-order valence-corrected chi connectivity index (χ3v) is 6.67. The second-order valence-corrected chi connectivity index (χ2v) is 9.52. The van der Waals surface area contributed by atoms with Crippen LogP contribution in [-0.4, -0.2) is 66.5 Å². The molecule has 9 nitrogen and oxygen atoms in total. The standard InChI is InChI=1S/C28H36N4O5/c1-17-14-32(15-18(2)37-17)9-6-10-36-26-12-24-21(11-25(26)35-4)27(22(13-30-24)28(29)34)31-23-8-5-7-20(16-33)19(23)3/h5,7-8,11-13,17-18,33H,6,9-10,14-16H2,1-4H3,(H2,29,34)(H,30,31)/t17-,18-/m0/s1. The number of aromatic nitrogens is 1. The third-order valence-electron chi connectivity index (χ3n) is 6.67. The first-order valence-electron chi connectivity index (χ1n) is 12.6. The van der Waals surface area contributed by atoms with Crippen LogP contribution >= 0.6 is 0 Å². The lowest BCUT2D eigenvalue weighted by atomic mass is 10.0. The zero-order chi connectivity index (χ0) is 26.5. The summed E-state index contributed by atoms with van der Waals surface area (Å²) < 4.78 is 17.6. The van der Waals surface area contributed by atoms with Crippen LogP contribution in [-0.2, 0) is 11.3 Å². The number of methoxy groups -OCH3 is 1. The summed E-state index contributed by atoms with van der Waals surface area (Å²) in [7, 11) is 1.58. The van der Waals surface area contributed by atoms with Crippen LogP contribution in [0.4, 0.5) is 11.4 Å². The molecule has 0 bridgehead atoms. The number of anilines is 2. The summed E-state index contributed by atoms with van der Waals surface area (Å²) in [5.41, 5.74) is 9.52. The Labute approximate surface area is 217 Å². The highest BCUT2D eigenvalue weighted by Gasteiger charge is 2.22. The quantitative estimate of drug-likeness (QED) is 0.354. The highest BCUT2D eigenvalue weighted by atomic mass is 16.5. The second kappa shape index (κ2) is 11.8. The van der Waals surface area contributed by atoms with Gasteiger partial charge in [-0.2, -0.15) is 0 Å². The van der Waals surface area contributed by atoms with Gasteiger partial charge in [0.1, 0.15) is 0 Å². The van der Waals surface area contributed by atoms with Crippen LogP contribution in [0.1, 0.15) is 41.8 Å². The fourth-order valence-electron chi connectivity index (χ4n) is 4.86. The monoisotopic (exact) mass is 508 g/mol. The number of rotatable bonds is 10. The van der Waals surface area contributed by atoms with Crippen molar-refractivity contribution in [3.8, 4) is 11.5 Å². The molecular formula is C28H36N4O5. The molecule has 0 radical (unpaired) electrons. The molecule has 0 saturated carbocycles. The third kappa shape index (κ3) is 6.12. The Hall–Kier alpha value is -3.40. The minimum Gasteiger partial charge on any atom is -0.493 e. The lowest BCUT2D eigenvalue weighted by Gasteiger charge is -2.35. The van der Waals surface area contributed by atoms with Gasteiger partial charge >= 0.3 is 0 Å². The number of primary amides is 1. The van der Waals surface area contributed by atoms with E-state index >= 15 is 0 Å². The van der Waals surface area contributed by atoms with E-state index in [1.807, 2.05) is 37.3 Å². The Bertz CT molecular complexity index is 1260. The van der Waals surface area contributed by atoms with Gasteiger partial charge in [0.25, 0.3) is 5.91 Å². The number of hydrogen-bond acceptors (Lipinski definition) is 8. The van der Waals surface area contributed by atoms with Crippen molar-refractivity contribution in [1.82, 2.24) is 9.88 Å². The molecule has 0 unspecified atom stereocenters. The molecule has 0 spiro atoms. The maximum Gasteiger partial charge on any atom is 0.252 e. The van der Waals surface area contributed by atoms with Crippen molar-refractivity contribution in [2.75, 3.05) is 38.7 Å². The molecule has 2 atom stereocenters. The molecular weight excluding hydrogens is 472 g/mol. The van der Waals surface area contributed by atoms with E-state index < -0.39 is 5.91 Å². The molecule has 9 heteroatoms. The summed E-state index contributed by atoms with van der Waals surface area (Å²) >= 11 is 0.